The molecule has 1 amide bonds. The van der Waals surface area contributed by atoms with Gasteiger partial charge in [0, 0.05) is 25.7 Å². The van der Waals surface area contributed by atoms with Crippen LogP contribution in [0.3, 0.4) is 0 Å². The van der Waals surface area contributed by atoms with E-state index in [1.165, 1.54) is 5.56 Å². The predicted molar refractivity (Wildman–Crippen MR) is 74.4 cm³/mol. The quantitative estimate of drug-likeness (QED) is 0.920. The van der Waals surface area contributed by atoms with Crippen LogP contribution in [0.25, 0.3) is 0 Å². The van der Waals surface area contributed by atoms with E-state index in [-0.39, 0.29) is 12.0 Å². The lowest BCUT2D eigenvalue weighted by Crippen LogP contribution is -2.46. The van der Waals surface area contributed by atoms with E-state index < -0.39 is 0 Å². The van der Waals surface area contributed by atoms with Crippen LogP contribution in [-0.2, 0) is 11.2 Å². The zero-order valence-electron chi connectivity index (χ0n) is 11.2. The molecule has 0 bridgehead atoms. The first-order valence-electron chi connectivity index (χ1n) is 6.76. The van der Waals surface area contributed by atoms with Crippen molar-refractivity contribution in [3.05, 3.63) is 53.9 Å². The summed E-state index contributed by atoms with van der Waals surface area (Å²) in [5.41, 5.74) is 1.83. The van der Waals surface area contributed by atoms with Crippen molar-refractivity contribution in [3.63, 3.8) is 0 Å². The molecule has 5 nitrogen and oxygen atoms in total. The number of rotatable bonds is 3. The van der Waals surface area contributed by atoms with Gasteiger partial charge in [0.05, 0.1) is 24.5 Å². The van der Waals surface area contributed by atoms with Gasteiger partial charge in [0.1, 0.15) is 0 Å². The highest BCUT2D eigenvalue weighted by atomic mass is 16.5. The van der Waals surface area contributed by atoms with Crippen molar-refractivity contribution in [2.75, 3.05) is 19.7 Å². The van der Waals surface area contributed by atoms with Crippen LogP contribution >= 0.6 is 0 Å². The van der Waals surface area contributed by atoms with Crippen molar-refractivity contribution in [1.29, 1.82) is 0 Å². The molecule has 0 aliphatic carbocycles. The van der Waals surface area contributed by atoms with Crippen molar-refractivity contribution >= 4 is 5.91 Å². The first kappa shape index (κ1) is 12.9. The summed E-state index contributed by atoms with van der Waals surface area (Å²) < 4.78 is 5.76. The van der Waals surface area contributed by atoms with Crippen LogP contribution in [0.4, 0.5) is 0 Å². The molecule has 2 heterocycles. The Kier molecular flexibility index (Phi) is 3.78. The Morgan fingerprint density at radius 1 is 1.40 bits per heavy atom. The van der Waals surface area contributed by atoms with Crippen molar-refractivity contribution in [2.24, 2.45) is 0 Å². The summed E-state index contributed by atoms with van der Waals surface area (Å²) in [5.74, 6) is 0.0140. The molecular formula is C15H17N3O2. The van der Waals surface area contributed by atoms with Crippen LogP contribution < -0.4 is 0 Å². The predicted octanol–water partition coefficient (Wildman–Crippen LogP) is 1.49. The van der Waals surface area contributed by atoms with Gasteiger partial charge in [-0.05, 0) is 5.56 Å². The number of benzene rings is 1. The minimum Gasteiger partial charge on any atom is -0.374 e. The van der Waals surface area contributed by atoms with Crippen molar-refractivity contribution in [1.82, 2.24) is 15.1 Å². The first-order valence-corrected chi connectivity index (χ1v) is 6.76. The molecule has 0 spiro atoms. The highest BCUT2D eigenvalue weighted by molar-refractivity contribution is 5.93. The van der Waals surface area contributed by atoms with Gasteiger partial charge >= 0.3 is 0 Å². The number of ether oxygens (including phenoxy) is 1. The van der Waals surface area contributed by atoms with E-state index in [9.17, 15) is 4.79 Å². The maximum atomic E-state index is 12.3. The van der Waals surface area contributed by atoms with Crippen LogP contribution in [0.2, 0.25) is 0 Å². The molecule has 0 unspecified atom stereocenters. The molecule has 1 fully saturated rings. The Morgan fingerprint density at radius 2 is 2.25 bits per heavy atom. The van der Waals surface area contributed by atoms with E-state index in [1.807, 2.05) is 23.1 Å². The van der Waals surface area contributed by atoms with Gasteiger partial charge in [0.15, 0.2) is 0 Å². The first-order chi connectivity index (χ1) is 9.83. The highest BCUT2D eigenvalue weighted by Crippen LogP contribution is 2.13. The lowest BCUT2D eigenvalue weighted by molar-refractivity contribution is -0.0208. The molecule has 104 valence electrons. The average Bonchev–Trinajstić information content (AvgIpc) is 3.02. The second-order valence-corrected chi connectivity index (χ2v) is 4.92. The number of aromatic amines is 1. The Balaban J connectivity index is 1.63. The molecule has 1 saturated heterocycles. The fraction of sp³-hybridized carbons (Fsp3) is 0.333. The molecule has 1 aromatic heterocycles. The Morgan fingerprint density at radius 3 is 3.00 bits per heavy atom. The van der Waals surface area contributed by atoms with Gasteiger partial charge in [0.25, 0.3) is 5.91 Å². The molecule has 1 aliphatic rings. The molecule has 5 heteroatoms. The highest BCUT2D eigenvalue weighted by Gasteiger charge is 2.25. The summed E-state index contributed by atoms with van der Waals surface area (Å²) in [7, 11) is 0. The number of aromatic nitrogens is 2. The van der Waals surface area contributed by atoms with Crippen molar-refractivity contribution in [3.8, 4) is 0 Å². The van der Waals surface area contributed by atoms with Crippen LogP contribution in [0.15, 0.2) is 42.7 Å². The second kappa shape index (κ2) is 5.88. The molecule has 3 rings (SSSR count). The van der Waals surface area contributed by atoms with Gasteiger partial charge < -0.3 is 9.64 Å². The monoisotopic (exact) mass is 271 g/mol. The maximum Gasteiger partial charge on any atom is 0.257 e. The van der Waals surface area contributed by atoms with Crippen LogP contribution in [0.5, 0.6) is 0 Å². The van der Waals surface area contributed by atoms with E-state index >= 15 is 0 Å². The lowest BCUT2D eigenvalue weighted by Gasteiger charge is -2.32. The van der Waals surface area contributed by atoms with E-state index in [2.05, 4.69) is 22.3 Å². The number of H-pyrrole nitrogens is 1. The molecule has 0 saturated carbocycles. The normalized spacial score (nSPS) is 19.0. The van der Waals surface area contributed by atoms with Gasteiger partial charge in [-0.3, -0.25) is 9.89 Å². The Bertz CT molecular complexity index is 554. The van der Waals surface area contributed by atoms with E-state index in [0.717, 1.165) is 6.42 Å². The largest absolute Gasteiger partial charge is 0.374 e. The number of hydrogen-bond donors (Lipinski definition) is 1. The number of hydrogen-bond acceptors (Lipinski definition) is 3. The summed E-state index contributed by atoms with van der Waals surface area (Å²) in [6, 6.07) is 10.2. The zero-order valence-corrected chi connectivity index (χ0v) is 11.2. The third-order valence-electron chi connectivity index (χ3n) is 3.48. The molecule has 0 radical (unpaired) electrons. The van der Waals surface area contributed by atoms with Gasteiger partial charge in [-0.2, -0.15) is 5.10 Å². The number of morpholine rings is 1. The van der Waals surface area contributed by atoms with Gasteiger partial charge in [0.2, 0.25) is 0 Å². The molecule has 1 aliphatic heterocycles. The van der Waals surface area contributed by atoms with E-state index in [0.29, 0.717) is 25.3 Å². The lowest BCUT2D eigenvalue weighted by atomic mass is 10.1. The van der Waals surface area contributed by atoms with Crippen LogP contribution in [-0.4, -0.2) is 46.8 Å². The number of carbonyl (C=O) groups is 1. The standard InChI is InChI=1S/C15H17N3O2/c19-15(13-9-16-17-10-13)18-6-7-20-14(11-18)8-12-4-2-1-3-5-12/h1-5,9-10,14H,6-8,11H2,(H,16,17)/t14-/m1/s1. The molecule has 1 atom stereocenters. The van der Waals surface area contributed by atoms with Crippen LogP contribution in [0.1, 0.15) is 15.9 Å². The SMILES string of the molecule is O=C(c1cn[nH]c1)N1CCO[C@H](Cc2ccccc2)C1. The minimum atomic E-state index is 0.0140. The number of carbonyl (C=O) groups excluding carboxylic acids is 1. The summed E-state index contributed by atoms with van der Waals surface area (Å²) in [6.07, 6.45) is 4.08. The van der Waals surface area contributed by atoms with E-state index in [4.69, 9.17) is 4.74 Å². The summed E-state index contributed by atoms with van der Waals surface area (Å²) >= 11 is 0. The van der Waals surface area contributed by atoms with Crippen LogP contribution in [0, 0.1) is 0 Å². The maximum absolute atomic E-state index is 12.3. The Labute approximate surface area is 117 Å². The number of amides is 1. The van der Waals surface area contributed by atoms with Gasteiger partial charge in [-0.15, -0.1) is 0 Å². The molecule has 1 N–H and O–H groups in total. The van der Waals surface area contributed by atoms with Gasteiger partial charge in [-0.1, -0.05) is 30.3 Å². The Hall–Kier alpha value is -2.14. The average molecular weight is 271 g/mol. The molecule has 2 aromatic rings. The zero-order chi connectivity index (χ0) is 13.8. The third-order valence-corrected chi connectivity index (χ3v) is 3.48. The summed E-state index contributed by atoms with van der Waals surface area (Å²) in [5, 5.41) is 6.49. The second-order valence-electron chi connectivity index (χ2n) is 4.92. The van der Waals surface area contributed by atoms with Crippen molar-refractivity contribution in [2.45, 2.75) is 12.5 Å². The molecular weight excluding hydrogens is 254 g/mol. The summed E-state index contributed by atoms with van der Waals surface area (Å²) in [6.45, 7) is 1.84. The number of nitrogens with zero attached hydrogens (tertiary/aromatic N) is 2. The smallest absolute Gasteiger partial charge is 0.257 e. The van der Waals surface area contributed by atoms with Gasteiger partial charge in [-0.25, -0.2) is 0 Å². The third kappa shape index (κ3) is 2.88. The summed E-state index contributed by atoms with van der Waals surface area (Å²) in [4.78, 5) is 14.1. The molecule has 20 heavy (non-hydrogen) atoms. The fourth-order valence-corrected chi connectivity index (χ4v) is 2.45. The van der Waals surface area contributed by atoms with E-state index in [1.54, 1.807) is 12.4 Å². The minimum absolute atomic E-state index is 0.0140. The van der Waals surface area contributed by atoms with Crippen molar-refractivity contribution < 1.29 is 9.53 Å². The molecule has 1 aromatic carbocycles. The number of nitrogens with one attached hydrogen (secondary N) is 1. The topological polar surface area (TPSA) is 58.2 Å². The fourth-order valence-electron chi connectivity index (χ4n) is 2.45.